The van der Waals surface area contributed by atoms with Gasteiger partial charge in [0.2, 0.25) is 5.96 Å². The number of nitrogens with zero attached hydrogens (tertiary/aromatic N) is 4. The lowest BCUT2D eigenvalue weighted by molar-refractivity contribution is -0.125. The Morgan fingerprint density at radius 1 is 1.06 bits per heavy atom. The summed E-state index contributed by atoms with van der Waals surface area (Å²) in [7, 11) is 1.66. The van der Waals surface area contributed by atoms with Crippen LogP contribution in [0.3, 0.4) is 0 Å². The molecule has 0 saturated carbocycles. The summed E-state index contributed by atoms with van der Waals surface area (Å²) in [4.78, 5) is 24.9. The monoisotopic (exact) mass is 450 g/mol. The second kappa shape index (κ2) is 8.96. The van der Waals surface area contributed by atoms with Crippen molar-refractivity contribution in [2.45, 2.75) is 25.9 Å². The van der Waals surface area contributed by atoms with E-state index in [2.05, 4.69) is 15.9 Å². The Labute approximate surface area is 193 Å². The molecule has 166 valence electrons. The molecule has 6 nitrogen and oxygen atoms in total. The molecule has 2 aromatic carbocycles. The number of rotatable bonds is 5. The summed E-state index contributed by atoms with van der Waals surface area (Å²) < 4.78 is 5.27. The molecule has 3 heterocycles. The fourth-order valence-electron chi connectivity index (χ4n) is 4.72. The van der Waals surface area contributed by atoms with Gasteiger partial charge in [0.05, 0.1) is 19.2 Å². The Morgan fingerprint density at radius 2 is 1.91 bits per heavy atom. The number of benzene rings is 2. The van der Waals surface area contributed by atoms with Crippen LogP contribution in [0, 0.1) is 0 Å². The van der Waals surface area contributed by atoms with Crippen molar-refractivity contribution in [2.75, 3.05) is 33.3 Å². The maximum absolute atomic E-state index is 13.7. The van der Waals surface area contributed by atoms with Gasteiger partial charge >= 0.3 is 0 Å². The van der Waals surface area contributed by atoms with Gasteiger partial charge < -0.3 is 9.64 Å². The van der Waals surface area contributed by atoms with Crippen molar-refractivity contribution in [3.8, 4) is 5.75 Å². The molecule has 32 heavy (non-hydrogen) atoms. The number of fused-ring (bicyclic) bond motifs is 2. The maximum atomic E-state index is 13.7. The van der Waals surface area contributed by atoms with Gasteiger partial charge in [-0.3, -0.25) is 19.6 Å². The number of methoxy groups -OCH3 is 1. The first kappa shape index (κ1) is 21.0. The lowest BCUT2D eigenvalue weighted by Gasteiger charge is -2.45. The Morgan fingerprint density at radius 3 is 2.69 bits per heavy atom. The minimum Gasteiger partial charge on any atom is -0.497 e. The molecule has 7 heteroatoms. The highest BCUT2D eigenvalue weighted by molar-refractivity contribution is 6.30. The predicted molar refractivity (Wildman–Crippen MR) is 126 cm³/mol. The minimum atomic E-state index is 0.0727. The summed E-state index contributed by atoms with van der Waals surface area (Å²) in [5, 5.41) is 0.744. The number of halogens is 1. The number of amides is 1. The Kier molecular flexibility index (Phi) is 5.89. The van der Waals surface area contributed by atoms with Crippen LogP contribution < -0.4 is 4.74 Å². The maximum Gasteiger partial charge on any atom is 0.259 e. The zero-order valence-corrected chi connectivity index (χ0v) is 19.0. The number of hydrogen-bond donors (Lipinski definition) is 0. The standard InChI is InChI=1S/C25H27ClN4O2/c1-32-21-8-6-18(7-9-21)16-30-24(31)22-17-28(15-19-4-2-5-20(26)14-19)13-10-23(22)29-12-3-11-27-25(29)30/h2,4-9,14H,3,10-13,15-17H2,1H3. The largest absolute Gasteiger partial charge is 0.497 e. The van der Waals surface area contributed by atoms with Crippen LogP contribution in [0.1, 0.15) is 24.0 Å². The lowest BCUT2D eigenvalue weighted by atomic mass is 9.99. The molecule has 0 aromatic heterocycles. The van der Waals surface area contributed by atoms with Crippen molar-refractivity contribution < 1.29 is 9.53 Å². The van der Waals surface area contributed by atoms with Gasteiger partial charge in [-0.2, -0.15) is 0 Å². The first-order valence-corrected chi connectivity index (χ1v) is 11.5. The summed E-state index contributed by atoms with van der Waals surface area (Å²) in [5.41, 5.74) is 4.28. The highest BCUT2D eigenvalue weighted by Gasteiger charge is 2.40. The molecule has 2 aromatic rings. The van der Waals surface area contributed by atoms with Gasteiger partial charge in [0.15, 0.2) is 0 Å². The zero-order valence-electron chi connectivity index (χ0n) is 18.3. The SMILES string of the molecule is COc1ccc(CN2C(=O)C3=C(CCN(Cc4cccc(Cl)c4)C3)N3CCCN=C23)cc1. The Balaban J connectivity index is 1.40. The number of ether oxygens (including phenoxy) is 1. The smallest absolute Gasteiger partial charge is 0.259 e. The average molecular weight is 451 g/mol. The molecule has 0 N–H and O–H groups in total. The molecule has 3 aliphatic heterocycles. The number of carbonyl (C=O) groups excluding carboxylic acids is 1. The van der Waals surface area contributed by atoms with E-state index in [-0.39, 0.29) is 5.91 Å². The van der Waals surface area contributed by atoms with Crippen molar-refractivity contribution in [1.82, 2.24) is 14.7 Å². The molecule has 0 bridgehead atoms. The summed E-state index contributed by atoms with van der Waals surface area (Å²) in [6.07, 6.45) is 1.87. The number of guanidine groups is 1. The van der Waals surface area contributed by atoms with Crippen molar-refractivity contribution in [2.24, 2.45) is 4.99 Å². The molecule has 0 radical (unpaired) electrons. The van der Waals surface area contributed by atoms with Crippen LogP contribution in [0.5, 0.6) is 5.75 Å². The van der Waals surface area contributed by atoms with E-state index in [4.69, 9.17) is 21.3 Å². The average Bonchev–Trinajstić information content (AvgIpc) is 2.82. The third-order valence-corrected chi connectivity index (χ3v) is 6.53. The van der Waals surface area contributed by atoms with Crippen LogP contribution in [0.25, 0.3) is 0 Å². The van der Waals surface area contributed by atoms with Crippen LogP contribution in [0.2, 0.25) is 5.02 Å². The molecule has 0 unspecified atom stereocenters. The molecular formula is C25H27ClN4O2. The van der Waals surface area contributed by atoms with E-state index >= 15 is 0 Å². The summed E-state index contributed by atoms with van der Waals surface area (Å²) >= 11 is 6.17. The second-order valence-electron chi connectivity index (χ2n) is 8.44. The fourth-order valence-corrected chi connectivity index (χ4v) is 4.93. The van der Waals surface area contributed by atoms with Crippen molar-refractivity contribution >= 4 is 23.5 Å². The van der Waals surface area contributed by atoms with Gasteiger partial charge in [0, 0.05) is 49.9 Å². The molecule has 0 saturated heterocycles. The third-order valence-electron chi connectivity index (χ3n) is 6.29. The normalized spacial score (nSPS) is 18.9. The number of hydrogen-bond acceptors (Lipinski definition) is 5. The number of carbonyl (C=O) groups is 1. The van der Waals surface area contributed by atoms with E-state index in [0.29, 0.717) is 13.1 Å². The number of aliphatic imine (C=N–C) groups is 1. The van der Waals surface area contributed by atoms with E-state index in [1.54, 1.807) is 7.11 Å². The van der Waals surface area contributed by atoms with Crippen molar-refractivity contribution in [1.29, 1.82) is 0 Å². The zero-order chi connectivity index (χ0) is 22.1. The van der Waals surface area contributed by atoms with Crippen LogP contribution in [-0.4, -0.2) is 59.9 Å². The van der Waals surface area contributed by atoms with Crippen LogP contribution in [0.4, 0.5) is 0 Å². The van der Waals surface area contributed by atoms with E-state index in [9.17, 15) is 4.79 Å². The molecule has 1 amide bonds. The van der Waals surface area contributed by atoms with Gasteiger partial charge in [-0.25, -0.2) is 0 Å². The summed E-state index contributed by atoms with van der Waals surface area (Å²) in [6, 6.07) is 15.8. The van der Waals surface area contributed by atoms with Crippen LogP contribution in [0.15, 0.2) is 64.8 Å². The third kappa shape index (κ3) is 4.12. The highest BCUT2D eigenvalue weighted by Crippen LogP contribution is 2.32. The van der Waals surface area contributed by atoms with Gasteiger partial charge in [0.1, 0.15) is 5.75 Å². The molecule has 0 spiro atoms. The molecular weight excluding hydrogens is 424 g/mol. The first-order valence-electron chi connectivity index (χ1n) is 11.1. The van der Waals surface area contributed by atoms with E-state index in [1.165, 1.54) is 5.56 Å². The van der Waals surface area contributed by atoms with Gasteiger partial charge in [-0.1, -0.05) is 35.9 Å². The molecule has 0 atom stereocenters. The fraction of sp³-hybridized carbons (Fsp3) is 0.360. The topological polar surface area (TPSA) is 48.4 Å². The van der Waals surface area contributed by atoms with Gasteiger partial charge in [0.25, 0.3) is 5.91 Å². The molecule has 0 fully saturated rings. The highest BCUT2D eigenvalue weighted by atomic mass is 35.5. The van der Waals surface area contributed by atoms with Crippen molar-refractivity contribution in [3.05, 3.63) is 76.0 Å². The van der Waals surface area contributed by atoms with Crippen LogP contribution >= 0.6 is 11.6 Å². The predicted octanol–water partition coefficient (Wildman–Crippen LogP) is 3.91. The Bertz CT molecular complexity index is 1080. The van der Waals surface area contributed by atoms with E-state index < -0.39 is 0 Å². The van der Waals surface area contributed by atoms with Gasteiger partial charge in [-0.15, -0.1) is 0 Å². The van der Waals surface area contributed by atoms with E-state index in [1.807, 2.05) is 47.4 Å². The summed E-state index contributed by atoms with van der Waals surface area (Å²) in [6.45, 7) is 4.53. The molecule has 3 aliphatic rings. The van der Waals surface area contributed by atoms with Gasteiger partial charge in [-0.05, 0) is 41.8 Å². The lowest BCUT2D eigenvalue weighted by Crippen LogP contribution is -2.56. The quantitative estimate of drug-likeness (QED) is 0.693. The molecule has 5 rings (SSSR count). The molecule has 0 aliphatic carbocycles. The van der Waals surface area contributed by atoms with Crippen molar-refractivity contribution in [3.63, 3.8) is 0 Å². The van der Waals surface area contributed by atoms with Crippen LogP contribution in [-0.2, 0) is 17.9 Å². The summed E-state index contributed by atoms with van der Waals surface area (Å²) in [5.74, 6) is 1.69. The van der Waals surface area contributed by atoms with E-state index in [0.717, 1.165) is 72.6 Å². The Hall–Kier alpha value is -2.83. The second-order valence-corrected chi connectivity index (χ2v) is 8.88. The first-order chi connectivity index (χ1) is 15.6. The minimum absolute atomic E-state index is 0.0727.